The second-order valence-corrected chi connectivity index (χ2v) is 9.62. The van der Waals surface area contributed by atoms with Gasteiger partial charge in [0.05, 0.1) is 11.1 Å². The molecule has 1 saturated carbocycles. The number of anilines is 1. The monoisotopic (exact) mass is 513 g/mol. The lowest BCUT2D eigenvalue weighted by Crippen LogP contribution is -2.16. The Labute approximate surface area is 206 Å². The summed E-state index contributed by atoms with van der Waals surface area (Å²) < 4.78 is 41.6. The number of hydrogen-bond donors (Lipinski definition) is 1. The van der Waals surface area contributed by atoms with Gasteiger partial charge in [0.15, 0.2) is 5.65 Å². The molecule has 0 aliphatic heterocycles. The molecule has 2 aromatic carbocycles. The van der Waals surface area contributed by atoms with Crippen LogP contribution in [0.2, 0.25) is 0 Å². The Morgan fingerprint density at radius 3 is 2.50 bits per heavy atom. The Kier molecular flexibility index (Phi) is 5.91. The number of nitro groups is 1. The fraction of sp³-hybridized carbons (Fsp3) is 0.208. The number of halogens is 3. The van der Waals surface area contributed by atoms with E-state index < -0.39 is 22.7 Å². The van der Waals surface area contributed by atoms with Crippen LogP contribution in [0.5, 0.6) is 0 Å². The van der Waals surface area contributed by atoms with E-state index >= 15 is 0 Å². The standard InChI is InChI=1S/C24H18F3N5O3S/c1-13-2-6-17(7-3-13)36-18-9-15(8-16(10-18)32(34)35)29-23(33)19-12-28-31-21(24(25,26)27)11-20(14-4-5-14)30-22(19)31/h2-3,6-12,14H,4-5H2,1H3,(H,29,33). The molecule has 12 heteroatoms. The van der Waals surface area contributed by atoms with Crippen molar-refractivity contribution in [2.75, 3.05) is 5.32 Å². The van der Waals surface area contributed by atoms with Gasteiger partial charge >= 0.3 is 6.18 Å². The van der Waals surface area contributed by atoms with E-state index in [9.17, 15) is 28.1 Å². The lowest BCUT2D eigenvalue weighted by atomic mass is 10.2. The Bertz CT molecular complexity index is 1500. The summed E-state index contributed by atoms with van der Waals surface area (Å²) in [6.45, 7) is 1.94. The van der Waals surface area contributed by atoms with Gasteiger partial charge in [-0.25, -0.2) is 9.50 Å². The number of nitrogens with zero attached hydrogens (tertiary/aromatic N) is 4. The fourth-order valence-electron chi connectivity index (χ4n) is 3.69. The minimum absolute atomic E-state index is 0.0833. The van der Waals surface area contributed by atoms with Gasteiger partial charge < -0.3 is 5.32 Å². The molecule has 5 rings (SSSR count). The van der Waals surface area contributed by atoms with Gasteiger partial charge in [0.2, 0.25) is 0 Å². The highest BCUT2D eigenvalue weighted by atomic mass is 32.2. The van der Waals surface area contributed by atoms with Crippen LogP contribution in [0.15, 0.2) is 64.5 Å². The van der Waals surface area contributed by atoms with Crippen LogP contribution in [0.1, 0.15) is 46.1 Å². The van der Waals surface area contributed by atoms with E-state index in [1.165, 1.54) is 23.9 Å². The van der Waals surface area contributed by atoms with Crippen LogP contribution in [0, 0.1) is 17.0 Å². The zero-order chi connectivity index (χ0) is 25.6. The SMILES string of the molecule is Cc1ccc(Sc2cc(NC(=O)c3cnn4c(C(F)(F)F)cc(C5CC5)nc34)cc([N+](=O)[O-])c2)cc1. The molecule has 1 fully saturated rings. The predicted molar refractivity (Wildman–Crippen MR) is 126 cm³/mol. The largest absolute Gasteiger partial charge is 0.433 e. The maximum Gasteiger partial charge on any atom is 0.433 e. The summed E-state index contributed by atoms with van der Waals surface area (Å²) in [5.41, 5.74) is -0.191. The van der Waals surface area contributed by atoms with Crippen LogP contribution in [0.4, 0.5) is 24.5 Å². The number of nitro benzene ring substituents is 1. The number of carbonyl (C=O) groups is 1. The number of carbonyl (C=O) groups excluding carboxylic acids is 1. The van der Waals surface area contributed by atoms with Crippen LogP contribution in [-0.4, -0.2) is 25.4 Å². The molecule has 184 valence electrons. The lowest BCUT2D eigenvalue weighted by molar-refractivity contribution is -0.385. The molecule has 4 aromatic rings. The van der Waals surface area contributed by atoms with Crippen LogP contribution in [0.3, 0.4) is 0 Å². The molecule has 0 bridgehead atoms. The van der Waals surface area contributed by atoms with Crippen LogP contribution >= 0.6 is 11.8 Å². The first-order valence-electron chi connectivity index (χ1n) is 10.9. The average molecular weight is 514 g/mol. The first-order chi connectivity index (χ1) is 17.1. The summed E-state index contributed by atoms with van der Waals surface area (Å²) in [7, 11) is 0. The van der Waals surface area contributed by atoms with Crippen LogP contribution in [0.25, 0.3) is 5.65 Å². The predicted octanol–water partition coefficient (Wildman–Crippen LogP) is 6.25. The quantitative estimate of drug-likeness (QED) is 0.242. The van der Waals surface area contributed by atoms with Crippen LogP contribution < -0.4 is 5.32 Å². The molecule has 1 aliphatic carbocycles. The van der Waals surface area contributed by atoms with Crippen LogP contribution in [-0.2, 0) is 6.18 Å². The third-order valence-electron chi connectivity index (χ3n) is 5.64. The number of benzene rings is 2. The summed E-state index contributed by atoms with van der Waals surface area (Å²) in [5, 5.41) is 17.8. The van der Waals surface area contributed by atoms with Crippen molar-refractivity contribution in [3.63, 3.8) is 0 Å². The Morgan fingerprint density at radius 1 is 1.14 bits per heavy atom. The number of hydrogen-bond acceptors (Lipinski definition) is 6. The summed E-state index contributed by atoms with van der Waals surface area (Å²) >= 11 is 1.28. The van der Waals surface area contributed by atoms with Crippen molar-refractivity contribution in [1.29, 1.82) is 0 Å². The third-order valence-corrected chi connectivity index (χ3v) is 6.62. The fourth-order valence-corrected chi connectivity index (χ4v) is 4.60. The topological polar surface area (TPSA) is 102 Å². The second-order valence-electron chi connectivity index (χ2n) is 8.47. The molecule has 0 spiro atoms. The van der Waals surface area contributed by atoms with E-state index in [0.29, 0.717) is 9.41 Å². The number of amides is 1. The average Bonchev–Trinajstić information content (AvgIpc) is 3.58. The van der Waals surface area contributed by atoms with Gasteiger partial charge in [-0.3, -0.25) is 14.9 Å². The van der Waals surface area contributed by atoms with E-state index in [4.69, 9.17) is 0 Å². The number of aromatic nitrogens is 3. The van der Waals surface area contributed by atoms with Crippen molar-refractivity contribution >= 4 is 34.7 Å². The normalized spacial score (nSPS) is 13.7. The maximum atomic E-state index is 13.6. The first-order valence-corrected chi connectivity index (χ1v) is 11.7. The van der Waals surface area contributed by atoms with Crippen molar-refractivity contribution in [3.05, 3.63) is 87.4 Å². The van der Waals surface area contributed by atoms with E-state index in [-0.39, 0.29) is 34.2 Å². The number of nitrogens with one attached hydrogen (secondary N) is 1. The van der Waals surface area contributed by atoms with E-state index in [1.54, 1.807) is 6.07 Å². The molecule has 0 unspecified atom stereocenters. The molecular formula is C24H18F3N5O3S. The van der Waals surface area contributed by atoms with Crippen molar-refractivity contribution < 1.29 is 22.9 Å². The van der Waals surface area contributed by atoms with Gasteiger partial charge in [-0.05, 0) is 44.0 Å². The highest BCUT2D eigenvalue weighted by Crippen LogP contribution is 2.41. The number of rotatable bonds is 6. The van der Waals surface area contributed by atoms with Crippen molar-refractivity contribution in [2.24, 2.45) is 0 Å². The van der Waals surface area contributed by atoms with E-state index in [2.05, 4.69) is 15.4 Å². The minimum atomic E-state index is -4.69. The molecule has 0 atom stereocenters. The molecule has 0 saturated heterocycles. The molecule has 2 aromatic heterocycles. The highest BCUT2D eigenvalue weighted by molar-refractivity contribution is 7.99. The second kappa shape index (κ2) is 8.94. The zero-order valence-electron chi connectivity index (χ0n) is 18.7. The smallest absolute Gasteiger partial charge is 0.322 e. The molecule has 2 heterocycles. The number of aryl methyl sites for hydroxylation is 1. The minimum Gasteiger partial charge on any atom is -0.322 e. The molecule has 1 N–H and O–H groups in total. The Balaban J connectivity index is 1.49. The van der Waals surface area contributed by atoms with Gasteiger partial charge in [0.25, 0.3) is 11.6 Å². The number of alkyl halides is 3. The van der Waals surface area contributed by atoms with Gasteiger partial charge in [-0.15, -0.1) is 0 Å². The highest BCUT2D eigenvalue weighted by Gasteiger charge is 2.38. The lowest BCUT2D eigenvalue weighted by Gasteiger charge is -2.11. The molecule has 1 amide bonds. The van der Waals surface area contributed by atoms with Gasteiger partial charge in [-0.1, -0.05) is 29.5 Å². The Morgan fingerprint density at radius 2 is 1.86 bits per heavy atom. The van der Waals surface area contributed by atoms with Crippen molar-refractivity contribution in [3.8, 4) is 0 Å². The third kappa shape index (κ3) is 4.89. The summed E-state index contributed by atoms with van der Waals surface area (Å²) in [5.74, 6) is -0.856. The first kappa shape index (κ1) is 23.8. The molecule has 0 radical (unpaired) electrons. The molecular weight excluding hydrogens is 495 g/mol. The Hall–Kier alpha value is -3.93. The number of non-ortho nitro benzene ring substituents is 1. The summed E-state index contributed by atoms with van der Waals surface area (Å²) in [6, 6.07) is 12.7. The molecule has 8 nitrogen and oxygen atoms in total. The summed E-state index contributed by atoms with van der Waals surface area (Å²) in [6.07, 6.45) is -2.22. The molecule has 1 aliphatic rings. The number of fused-ring (bicyclic) bond motifs is 1. The van der Waals surface area contributed by atoms with Gasteiger partial charge in [0.1, 0.15) is 11.3 Å². The van der Waals surface area contributed by atoms with Gasteiger partial charge in [0, 0.05) is 39.2 Å². The zero-order valence-corrected chi connectivity index (χ0v) is 19.6. The van der Waals surface area contributed by atoms with E-state index in [0.717, 1.165) is 35.6 Å². The maximum absolute atomic E-state index is 13.6. The van der Waals surface area contributed by atoms with Gasteiger partial charge in [-0.2, -0.15) is 18.3 Å². The van der Waals surface area contributed by atoms with Crippen molar-refractivity contribution in [1.82, 2.24) is 14.6 Å². The summed E-state index contributed by atoms with van der Waals surface area (Å²) in [4.78, 5) is 29.6. The molecule has 36 heavy (non-hydrogen) atoms. The van der Waals surface area contributed by atoms with E-state index in [1.807, 2.05) is 31.2 Å². The van der Waals surface area contributed by atoms with Crippen molar-refractivity contribution in [2.45, 2.75) is 41.7 Å².